The zero-order chi connectivity index (χ0) is 45.7. The number of anilines is 3. The van der Waals surface area contributed by atoms with Crippen molar-refractivity contribution in [1.82, 2.24) is 4.57 Å². The third-order valence-corrected chi connectivity index (χ3v) is 14.4. The summed E-state index contributed by atoms with van der Waals surface area (Å²) in [6, 6.07) is 62.4. The summed E-state index contributed by atoms with van der Waals surface area (Å²) in [4.78, 5) is 2.41. The molecular weight excluding hydrogens is 769 g/mol. The van der Waals surface area contributed by atoms with Gasteiger partial charge in [0.05, 0.1) is 36.0 Å². The van der Waals surface area contributed by atoms with Crippen LogP contribution in [0.4, 0.5) is 17.1 Å². The van der Waals surface area contributed by atoms with Gasteiger partial charge in [0.25, 0.3) is 0 Å². The van der Waals surface area contributed by atoms with E-state index in [2.05, 4.69) is 161 Å². The molecule has 1 atom stereocenters. The molecule has 0 amide bonds. The quantitative estimate of drug-likeness (QED) is 0.172. The number of para-hydroxylation sites is 2. The van der Waals surface area contributed by atoms with Crippen molar-refractivity contribution >= 4 is 81.1 Å². The van der Waals surface area contributed by atoms with E-state index in [1.54, 1.807) is 11.3 Å². The Morgan fingerprint density at radius 2 is 1.11 bits per heavy atom. The molecule has 0 fully saturated rings. The van der Waals surface area contributed by atoms with Crippen molar-refractivity contribution in [3.8, 4) is 27.9 Å². The molecule has 2 nitrogen and oxygen atoms in total. The van der Waals surface area contributed by atoms with Gasteiger partial charge in [-0.05, 0) is 110 Å². The van der Waals surface area contributed by atoms with Crippen LogP contribution in [0.25, 0.3) is 80.7 Å². The summed E-state index contributed by atoms with van der Waals surface area (Å²) in [7, 11) is 0. The third kappa shape index (κ3) is 4.37. The minimum absolute atomic E-state index is 0.116. The van der Waals surface area contributed by atoms with Crippen LogP contribution in [0.15, 0.2) is 218 Å². The number of hydrogen-bond acceptors (Lipinski definition) is 2. The lowest BCUT2D eigenvalue weighted by atomic mass is 9.61. The Bertz CT molecular complexity index is 4190. The minimum Gasteiger partial charge on any atom is -0.309 e. The van der Waals surface area contributed by atoms with Crippen LogP contribution in [-0.2, 0) is 5.41 Å². The number of thiophene rings is 1. The van der Waals surface area contributed by atoms with Crippen LogP contribution >= 0.6 is 11.3 Å². The standard InChI is InChI=1S/C59H36N2S/c1-2-18-38(19-3-1)60-50-29-10-6-21-41(50)45-36-39(34-35-51(45)60)61(53-31-15-33-55-58(53)44-23-7-11-32-54(44)62-55)52-30-14-28-49-57(52)43-22-5-9-26-47(43)59(49)46-25-8-4-20-40(46)42-24-12-16-37-17-13-27-48(59)56(37)42/h1-36H/i12D,13D,16D,17D,24D,27D. The van der Waals surface area contributed by atoms with Crippen molar-refractivity contribution in [3.05, 3.63) is 240 Å². The Morgan fingerprint density at radius 1 is 0.452 bits per heavy atom. The second-order valence-corrected chi connectivity index (χ2v) is 17.3. The first-order chi connectivity index (χ1) is 33.3. The highest BCUT2D eigenvalue weighted by Gasteiger charge is 2.51. The van der Waals surface area contributed by atoms with Gasteiger partial charge in [-0.25, -0.2) is 0 Å². The second kappa shape index (κ2) is 12.7. The summed E-state index contributed by atoms with van der Waals surface area (Å²) >= 11 is 1.78. The van der Waals surface area contributed by atoms with Crippen LogP contribution in [0, 0.1) is 0 Å². The molecule has 0 radical (unpaired) electrons. The lowest BCUT2D eigenvalue weighted by Gasteiger charge is -2.40. The van der Waals surface area contributed by atoms with Crippen molar-refractivity contribution in [3.63, 3.8) is 0 Å². The van der Waals surface area contributed by atoms with E-state index < -0.39 is 5.41 Å². The minimum atomic E-state index is -1.19. The predicted molar refractivity (Wildman–Crippen MR) is 262 cm³/mol. The average molecular weight is 811 g/mol. The van der Waals surface area contributed by atoms with Gasteiger partial charge in [-0.15, -0.1) is 11.3 Å². The van der Waals surface area contributed by atoms with Gasteiger partial charge in [0.1, 0.15) is 0 Å². The fourth-order valence-electron chi connectivity index (χ4n) is 11.0. The van der Waals surface area contributed by atoms with E-state index in [0.29, 0.717) is 16.5 Å². The Kier molecular flexibility index (Phi) is 5.86. The number of aromatic nitrogens is 1. The normalized spacial score (nSPS) is 16.2. The maximum atomic E-state index is 9.93. The average Bonchev–Trinajstić information content (AvgIpc) is 4.02. The van der Waals surface area contributed by atoms with Gasteiger partial charge in [-0.1, -0.05) is 158 Å². The lowest BCUT2D eigenvalue weighted by molar-refractivity contribution is 0.773. The number of nitrogens with zero attached hydrogens (tertiary/aromatic N) is 2. The molecule has 3 heteroatoms. The van der Waals surface area contributed by atoms with E-state index in [0.717, 1.165) is 83.3 Å². The van der Waals surface area contributed by atoms with Crippen molar-refractivity contribution in [2.45, 2.75) is 5.41 Å². The summed E-state index contributed by atoms with van der Waals surface area (Å²) in [6.07, 6.45) is 0. The molecule has 2 aliphatic carbocycles. The lowest BCUT2D eigenvalue weighted by Crippen LogP contribution is -2.31. The molecule has 2 aliphatic rings. The maximum Gasteiger partial charge on any atom is 0.0726 e. The van der Waals surface area contributed by atoms with Crippen molar-refractivity contribution < 1.29 is 8.22 Å². The highest BCUT2D eigenvalue weighted by Crippen LogP contribution is 2.64. The molecule has 0 N–H and O–H groups in total. The summed E-state index contributed by atoms with van der Waals surface area (Å²) in [5.74, 6) is 0. The molecule has 0 bridgehead atoms. The molecule has 288 valence electrons. The highest BCUT2D eigenvalue weighted by atomic mass is 32.1. The van der Waals surface area contributed by atoms with Crippen LogP contribution in [0.3, 0.4) is 0 Å². The Hall–Kier alpha value is -7.72. The van der Waals surface area contributed by atoms with Gasteiger partial charge in [0, 0.05) is 47.9 Å². The molecular formula is C59H36N2S. The molecule has 0 saturated heterocycles. The van der Waals surface area contributed by atoms with E-state index >= 15 is 0 Å². The monoisotopic (exact) mass is 810 g/mol. The van der Waals surface area contributed by atoms with Crippen LogP contribution < -0.4 is 4.90 Å². The van der Waals surface area contributed by atoms with E-state index in [9.17, 15) is 6.85 Å². The Morgan fingerprint density at radius 3 is 2.00 bits per heavy atom. The summed E-state index contributed by atoms with van der Waals surface area (Å²) < 4.78 is 60.8. The van der Waals surface area contributed by atoms with Gasteiger partial charge in [0.15, 0.2) is 0 Å². The fourth-order valence-corrected chi connectivity index (χ4v) is 12.1. The zero-order valence-electron chi connectivity index (χ0n) is 39.1. The largest absolute Gasteiger partial charge is 0.309 e. The Labute approximate surface area is 371 Å². The molecule has 12 aromatic rings. The molecule has 1 unspecified atom stereocenters. The van der Waals surface area contributed by atoms with Crippen molar-refractivity contribution in [2.75, 3.05) is 4.90 Å². The van der Waals surface area contributed by atoms with Crippen LogP contribution in [-0.4, -0.2) is 4.57 Å². The number of hydrogen-bond donors (Lipinski definition) is 0. The van der Waals surface area contributed by atoms with Crippen LogP contribution in [0.5, 0.6) is 0 Å². The van der Waals surface area contributed by atoms with E-state index in [4.69, 9.17) is 1.37 Å². The first kappa shape index (κ1) is 28.7. The third-order valence-electron chi connectivity index (χ3n) is 13.3. The van der Waals surface area contributed by atoms with Crippen LogP contribution in [0.1, 0.15) is 30.5 Å². The van der Waals surface area contributed by atoms with Gasteiger partial charge < -0.3 is 9.47 Å². The second-order valence-electron chi connectivity index (χ2n) is 16.3. The maximum absolute atomic E-state index is 9.93. The molecule has 62 heavy (non-hydrogen) atoms. The zero-order valence-corrected chi connectivity index (χ0v) is 33.9. The number of fused-ring (bicyclic) bond motifs is 15. The van der Waals surface area contributed by atoms with E-state index in [1.165, 1.54) is 14.8 Å². The van der Waals surface area contributed by atoms with E-state index in [1.807, 2.05) is 30.3 Å². The van der Waals surface area contributed by atoms with Crippen LogP contribution in [0.2, 0.25) is 0 Å². The fraction of sp³-hybridized carbons (Fsp3) is 0.0169. The number of rotatable bonds is 4. The van der Waals surface area contributed by atoms with Gasteiger partial charge in [-0.3, -0.25) is 0 Å². The Balaban J connectivity index is 1.14. The van der Waals surface area contributed by atoms with Gasteiger partial charge >= 0.3 is 0 Å². The topological polar surface area (TPSA) is 8.17 Å². The molecule has 2 aromatic heterocycles. The van der Waals surface area contributed by atoms with E-state index in [-0.39, 0.29) is 41.6 Å². The predicted octanol–water partition coefficient (Wildman–Crippen LogP) is 16.1. The number of benzene rings is 10. The van der Waals surface area contributed by atoms with Crippen molar-refractivity contribution in [1.29, 1.82) is 0 Å². The molecule has 0 aliphatic heterocycles. The summed E-state index contributed by atoms with van der Waals surface area (Å²) in [5, 5.41) is 5.13. The molecule has 10 aromatic carbocycles. The molecule has 0 saturated carbocycles. The SMILES string of the molecule is [2H]c1c([2H])c2c3c(c([2H])c([2H])c([2H])c3c1[2H])C1(c3ccccc3-c3c(N(c4ccc5c(c4)c4ccccc4n5-c4ccccc4)c4cccc5sc6ccccc6c45)cccc31)c1ccccc1-2. The highest BCUT2D eigenvalue weighted by molar-refractivity contribution is 7.26. The smallest absolute Gasteiger partial charge is 0.0726 e. The molecule has 1 spiro atoms. The molecule has 14 rings (SSSR count). The first-order valence-electron chi connectivity index (χ1n) is 23.9. The van der Waals surface area contributed by atoms with Crippen molar-refractivity contribution in [2.24, 2.45) is 0 Å². The summed E-state index contributed by atoms with van der Waals surface area (Å²) in [5.41, 5.74) is 11.2. The summed E-state index contributed by atoms with van der Waals surface area (Å²) in [6.45, 7) is 0. The van der Waals surface area contributed by atoms with Gasteiger partial charge in [-0.2, -0.15) is 0 Å². The molecule has 2 heterocycles. The van der Waals surface area contributed by atoms with Gasteiger partial charge in [0.2, 0.25) is 0 Å². The first-order valence-corrected chi connectivity index (χ1v) is 21.8.